The summed E-state index contributed by atoms with van der Waals surface area (Å²) in [4.78, 5) is 15.1. The predicted molar refractivity (Wildman–Crippen MR) is 123 cm³/mol. The Morgan fingerprint density at radius 1 is 0.941 bits per heavy atom. The number of aliphatic imine (C=N–C) groups is 1. The molecule has 0 unspecified atom stereocenters. The third-order valence-electron chi connectivity index (χ3n) is 5.46. The monoisotopic (exact) mass is 470 g/mol. The maximum Gasteiger partial charge on any atom is 0.416 e. The number of ether oxygens (including phenoxy) is 2. The minimum Gasteiger partial charge on any atom is -0.439 e. The molecule has 4 rings (SSSR count). The topological polar surface area (TPSA) is 59.8 Å². The summed E-state index contributed by atoms with van der Waals surface area (Å²) in [7, 11) is 0. The Kier molecular flexibility index (Phi) is 7.00. The summed E-state index contributed by atoms with van der Waals surface area (Å²) in [5.74, 6) is 1.06. The number of piperidine rings is 1. The molecule has 0 aliphatic carbocycles. The zero-order valence-electron chi connectivity index (χ0n) is 19.0. The molecular weight excluding hydrogens is 445 g/mol. The van der Waals surface area contributed by atoms with E-state index in [1.807, 2.05) is 32.3 Å². The molecule has 3 aromatic rings. The van der Waals surface area contributed by atoms with E-state index < -0.39 is 11.7 Å². The molecule has 9 heteroatoms. The summed E-state index contributed by atoms with van der Waals surface area (Å²) in [5, 5.41) is 0. The molecule has 0 N–H and O–H groups in total. The van der Waals surface area contributed by atoms with Crippen molar-refractivity contribution >= 4 is 12.0 Å². The third kappa shape index (κ3) is 6.03. The molecule has 1 aliphatic heterocycles. The first kappa shape index (κ1) is 23.5. The second-order valence-corrected chi connectivity index (χ2v) is 8.15. The fraction of sp³-hybridized carbons (Fsp3) is 0.320. The molecule has 0 atom stereocenters. The highest BCUT2D eigenvalue weighted by molar-refractivity contribution is 5.65. The van der Waals surface area contributed by atoms with E-state index in [2.05, 4.69) is 19.9 Å². The van der Waals surface area contributed by atoms with Crippen LogP contribution in [0, 0.1) is 13.8 Å². The van der Waals surface area contributed by atoms with Gasteiger partial charge in [-0.3, -0.25) is 0 Å². The summed E-state index contributed by atoms with van der Waals surface area (Å²) < 4.78 is 49.6. The molecule has 2 heterocycles. The molecule has 1 aliphatic rings. The quantitative estimate of drug-likeness (QED) is 0.292. The molecule has 1 fully saturated rings. The standard InChI is InChI=1S/C25H25F3N4O2/c1-17-15-22(18(2)14-21(17)30-16-32-12-4-3-5-13-32)34-23-10-11-29-24(31-23)33-20-8-6-19(7-9-20)25(26,27)28/h6-11,14-16H,3-5,12-13H2,1-2H3. The van der Waals surface area contributed by atoms with E-state index in [-0.39, 0.29) is 17.6 Å². The molecule has 0 saturated carbocycles. The Morgan fingerprint density at radius 2 is 1.68 bits per heavy atom. The summed E-state index contributed by atoms with van der Waals surface area (Å²) in [6.07, 6.45) is 2.63. The van der Waals surface area contributed by atoms with Crippen molar-refractivity contribution < 1.29 is 22.6 Å². The van der Waals surface area contributed by atoms with Gasteiger partial charge in [0, 0.05) is 25.4 Å². The number of hydrogen-bond donors (Lipinski definition) is 0. The molecule has 1 saturated heterocycles. The second kappa shape index (κ2) is 10.1. The van der Waals surface area contributed by atoms with Crippen LogP contribution >= 0.6 is 0 Å². The SMILES string of the molecule is Cc1cc(Oc2ccnc(Oc3ccc(C(F)(F)F)cc3)n2)c(C)cc1N=CN1CCCCC1. The van der Waals surface area contributed by atoms with E-state index in [0.29, 0.717) is 5.75 Å². The highest BCUT2D eigenvalue weighted by atomic mass is 19.4. The molecule has 6 nitrogen and oxygen atoms in total. The van der Waals surface area contributed by atoms with Gasteiger partial charge in [0.15, 0.2) is 0 Å². The van der Waals surface area contributed by atoms with Gasteiger partial charge in [-0.05, 0) is 80.6 Å². The number of likely N-dealkylation sites (tertiary alicyclic amines) is 1. The summed E-state index contributed by atoms with van der Waals surface area (Å²) in [6.45, 7) is 5.96. The lowest BCUT2D eigenvalue weighted by atomic mass is 10.1. The lowest BCUT2D eigenvalue weighted by Gasteiger charge is -2.23. The number of nitrogens with zero attached hydrogens (tertiary/aromatic N) is 4. The van der Waals surface area contributed by atoms with Gasteiger partial charge in [-0.15, -0.1) is 0 Å². The molecule has 0 radical (unpaired) electrons. The van der Waals surface area contributed by atoms with Gasteiger partial charge in [-0.2, -0.15) is 18.2 Å². The van der Waals surface area contributed by atoms with Crippen molar-refractivity contribution in [3.8, 4) is 23.4 Å². The minimum atomic E-state index is -4.41. The highest BCUT2D eigenvalue weighted by Gasteiger charge is 2.30. The second-order valence-electron chi connectivity index (χ2n) is 8.15. The number of hydrogen-bond acceptors (Lipinski definition) is 5. The van der Waals surface area contributed by atoms with Crippen molar-refractivity contribution in [3.63, 3.8) is 0 Å². The number of alkyl halides is 3. The van der Waals surface area contributed by atoms with Crippen LogP contribution in [0.25, 0.3) is 0 Å². The van der Waals surface area contributed by atoms with Crippen LogP contribution in [-0.4, -0.2) is 34.3 Å². The van der Waals surface area contributed by atoms with Crippen LogP contribution in [0.5, 0.6) is 23.4 Å². The van der Waals surface area contributed by atoms with Crippen molar-refractivity contribution in [1.29, 1.82) is 0 Å². The van der Waals surface area contributed by atoms with Crippen LogP contribution in [0.4, 0.5) is 18.9 Å². The van der Waals surface area contributed by atoms with Gasteiger partial charge in [0.1, 0.15) is 11.5 Å². The third-order valence-corrected chi connectivity index (χ3v) is 5.46. The summed E-state index contributed by atoms with van der Waals surface area (Å²) >= 11 is 0. The fourth-order valence-electron chi connectivity index (χ4n) is 3.56. The zero-order valence-corrected chi connectivity index (χ0v) is 19.0. The Balaban J connectivity index is 1.45. The molecule has 2 aromatic carbocycles. The number of halogens is 3. The van der Waals surface area contributed by atoms with Gasteiger partial charge in [0.2, 0.25) is 5.88 Å². The Labute approximate surface area is 196 Å². The van der Waals surface area contributed by atoms with Crippen molar-refractivity contribution in [1.82, 2.24) is 14.9 Å². The summed E-state index contributed by atoms with van der Waals surface area (Å²) in [5.41, 5.74) is 1.97. The molecule has 178 valence electrons. The van der Waals surface area contributed by atoms with Crippen LogP contribution in [0.15, 0.2) is 53.7 Å². The molecule has 0 amide bonds. The zero-order chi connectivity index (χ0) is 24.1. The molecule has 0 spiro atoms. The molecule has 0 bridgehead atoms. The summed E-state index contributed by atoms with van der Waals surface area (Å²) in [6, 6.07) is 9.73. The van der Waals surface area contributed by atoms with E-state index in [1.165, 1.54) is 37.6 Å². The highest BCUT2D eigenvalue weighted by Crippen LogP contribution is 2.33. The number of aromatic nitrogens is 2. The van der Waals surface area contributed by atoms with Crippen LogP contribution in [0.2, 0.25) is 0 Å². The predicted octanol–water partition coefficient (Wildman–Crippen LogP) is 6.84. The first-order chi connectivity index (χ1) is 16.3. The maximum atomic E-state index is 12.7. The molecule has 34 heavy (non-hydrogen) atoms. The molecule has 1 aromatic heterocycles. The van der Waals surface area contributed by atoms with Gasteiger partial charge >= 0.3 is 12.2 Å². The van der Waals surface area contributed by atoms with Gasteiger partial charge in [0.25, 0.3) is 0 Å². The van der Waals surface area contributed by atoms with Gasteiger partial charge in [-0.25, -0.2) is 9.98 Å². The van der Waals surface area contributed by atoms with Crippen LogP contribution in [0.1, 0.15) is 36.0 Å². The maximum absolute atomic E-state index is 12.7. The molecular formula is C25H25F3N4O2. The Morgan fingerprint density at radius 3 is 2.38 bits per heavy atom. The van der Waals surface area contributed by atoms with Crippen LogP contribution in [-0.2, 0) is 6.18 Å². The first-order valence-corrected chi connectivity index (χ1v) is 11.0. The lowest BCUT2D eigenvalue weighted by Crippen LogP contribution is -2.28. The number of benzene rings is 2. The minimum absolute atomic E-state index is 0.0330. The fourth-order valence-corrected chi connectivity index (χ4v) is 3.56. The van der Waals surface area contributed by atoms with E-state index >= 15 is 0 Å². The smallest absolute Gasteiger partial charge is 0.416 e. The van der Waals surface area contributed by atoms with Crippen LogP contribution < -0.4 is 9.47 Å². The van der Waals surface area contributed by atoms with Gasteiger partial charge < -0.3 is 14.4 Å². The van der Waals surface area contributed by atoms with Crippen molar-refractivity contribution in [2.45, 2.75) is 39.3 Å². The van der Waals surface area contributed by atoms with E-state index in [4.69, 9.17) is 9.47 Å². The average Bonchev–Trinajstić information content (AvgIpc) is 2.81. The number of rotatable bonds is 6. The van der Waals surface area contributed by atoms with E-state index in [9.17, 15) is 13.2 Å². The van der Waals surface area contributed by atoms with E-state index in [0.717, 1.165) is 42.0 Å². The Bertz CT molecular complexity index is 1160. The van der Waals surface area contributed by atoms with Crippen molar-refractivity contribution in [2.75, 3.05) is 13.1 Å². The normalized spacial score (nSPS) is 14.4. The average molecular weight is 470 g/mol. The number of aryl methyl sites for hydroxylation is 2. The van der Waals surface area contributed by atoms with Crippen molar-refractivity contribution in [3.05, 3.63) is 65.4 Å². The Hall–Kier alpha value is -3.62. The van der Waals surface area contributed by atoms with Gasteiger partial charge in [0.05, 0.1) is 17.6 Å². The lowest BCUT2D eigenvalue weighted by molar-refractivity contribution is -0.137. The van der Waals surface area contributed by atoms with Crippen LogP contribution in [0.3, 0.4) is 0 Å². The van der Waals surface area contributed by atoms with Crippen molar-refractivity contribution in [2.24, 2.45) is 4.99 Å². The van der Waals surface area contributed by atoms with Gasteiger partial charge in [-0.1, -0.05) is 0 Å². The first-order valence-electron chi connectivity index (χ1n) is 11.0. The largest absolute Gasteiger partial charge is 0.439 e. The van der Waals surface area contributed by atoms with E-state index in [1.54, 1.807) is 6.07 Å².